The first kappa shape index (κ1) is 13.2. The Kier molecular flexibility index (Phi) is 4.63. The maximum atomic E-state index is 11.6. The lowest BCUT2D eigenvalue weighted by atomic mass is 10.1. The van der Waals surface area contributed by atoms with Crippen LogP contribution in [0.25, 0.3) is 0 Å². The zero-order valence-corrected chi connectivity index (χ0v) is 9.93. The number of aromatic nitrogens is 1. The number of hydrogen-bond donors (Lipinski definition) is 2. The molecule has 0 bridgehead atoms. The Balaban J connectivity index is 2.40. The largest absolute Gasteiger partial charge is 0.481 e. The second-order valence-electron chi connectivity index (χ2n) is 3.97. The summed E-state index contributed by atoms with van der Waals surface area (Å²) in [6.07, 6.45) is 1.92. The summed E-state index contributed by atoms with van der Waals surface area (Å²) in [5.41, 5.74) is 1.33. The maximum absolute atomic E-state index is 11.6. The van der Waals surface area contributed by atoms with Gasteiger partial charge in [0.05, 0.1) is 11.5 Å². The maximum Gasteiger partial charge on any atom is 0.306 e. The van der Waals surface area contributed by atoms with E-state index in [4.69, 9.17) is 5.11 Å². The van der Waals surface area contributed by atoms with Crippen LogP contribution in [0.5, 0.6) is 0 Å². The molecule has 0 aliphatic heterocycles. The van der Waals surface area contributed by atoms with Crippen LogP contribution in [0.2, 0.25) is 0 Å². The number of pyridine rings is 1. The molecule has 0 saturated carbocycles. The highest BCUT2D eigenvalue weighted by Crippen LogP contribution is 2.02. The van der Waals surface area contributed by atoms with Crippen molar-refractivity contribution in [3.63, 3.8) is 0 Å². The molecule has 1 atom stereocenters. The number of carbonyl (C=O) groups excluding carboxylic acids is 1. The van der Waals surface area contributed by atoms with Crippen LogP contribution in [0.15, 0.2) is 18.3 Å². The van der Waals surface area contributed by atoms with Crippen LogP contribution in [-0.2, 0) is 4.79 Å². The Bertz CT molecular complexity index is 401. The lowest BCUT2D eigenvalue weighted by molar-refractivity contribution is -0.141. The van der Waals surface area contributed by atoms with Gasteiger partial charge in [0.2, 0.25) is 0 Å². The lowest BCUT2D eigenvalue weighted by Gasteiger charge is -2.07. The number of carbonyl (C=O) groups is 2. The molecule has 1 unspecified atom stereocenters. The van der Waals surface area contributed by atoms with Crippen LogP contribution < -0.4 is 5.32 Å². The summed E-state index contributed by atoms with van der Waals surface area (Å²) in [5.74, 6) is -1.53. The molecular formula is C12H16N2O3. The zero-order chi connectivity index (χ0) is 12.8. The Morgan fingerprint density at radius 3 is 2.71 bits per heavy atom. The van der Waals surface area contributed by atoms with Gasteiger partial charge in [0.1, 0.15) is 0 Å². The van der Waals surface area contributed by atoms with Crippen molar-refractivity contribution in [2.75, 3.05) is 6.54 Å². The van der Waals surface area contributed by atoms with E-state index in [9.17, 15) is 9.59 Å². The fourth-order valence-corrected chi connectivity index (χ4v) is 1.23. The average molecular weight is 236 g/mol. The molecule has 0 saturated heterocycles. The van der Waals surface area contributed by atoms with Crippen LogP contribution in [0.3, 0.4) is 0 Å². The first-order valence-corrected chi connectivity index (χ1v) is 5.44. The third-order valence-electron chi connectivity index (χ3n) is 2.46. The number of nitrogens with one attached hydrogen (secondary N) is 1. The van der Waals surface area contributed by atoms with Crippen molar-refractivity contribution in [2.24, 2.45) is 5.92 Å². The standard InChI is InChI=1S/C12H16N2O3/c1-8(12(16)17)5-6-13-11(15)10-4-3-9(2)14-7-10/h3-4,7-8H,5-6H2,1-2H3,(H,13,15)(H,16,17). The smallest absolute Gasteiger partial charge is 0.306 e. The monoisotopic (exact) mass is 236 g/mol. The van der Waals surface area contributed by atoms with Crippen LogP contribution in [-0.4, -0.2) is 28.5 Å². The first-order valence-electron chi connectivity index (χ1n) is 5.44. The summed E-state index contributed by atoms with van der Waals surface area (Å²) in [7, 11) is 0. The van der Waals surface area contributed by atoms with Crippen LogP contribution in [0.1, 0.15) is 29.4 Å². The molecular weight excluding hydrogens is 220 g/mol. The van der Waals surface area contributed by atoms with E-state index in [0.29, 0.717) is 18.5 Å². The highest BCUT2D eigenvalue weighted by Gasteiger charge is 2.11. The number of aryl methyl sites for hydroxylation is 1. The number of nitrogens with zero attached hydrogens (tertiary/aromatic N) is 1. The minimum absolute atomic E-state index is 0.227. The molecule has 0 spiro atoms. The van der Waals surface area contributed by atoms with Gasteiger partial charge in [-0.15, -0.1) is 0 Å². The topological polar surface area (TPSA) is 79.3 Å². The number of carboxylic acids is 1. The molecule has 1 rings (SSSR count). The molecule has 1 aromatic heterocycles. The lowest BCUT2D eigenvalue weighted by Crippen LogP contribution is -2.27. The molecule has 1 aromatic rings. The highest BCUT2D eigenvalue weighted by atomic mass is 16.4. The average Bonchev–Trinajstić information content (AvgIpc) is 2.29. The quantitative estimate of drug-likeness (QED) is 0.805. The number of aliphatic carboxylic acids is 1. The molecule has 0 aliphatic rings. The molecule has 1 heterocycles. The molecule has 2 N–H and O–H groups in total. The van der Waals surface area contributed by atoms with Gasteiger partial charge in [-0.25, -0.2) is 0 Å². The second kappa shape index (κ2) is 5.98. The molecule has 0 fully saturated rings. The molecule has 92 valence electrons. The van der Waals surface area contributed by atoms with Crippen molar-refractivity contribution in [3.8, 4) is 0 Å². The molecule has 5 nitrogen and oxygen atoms in total. The number of rotatable bonds is 5. The van der Waals surface area contributed by atoms with Gasteiger partial charge in [0, 0.05) is 18.4 Å². The fourth-order valence-electron chi connectivity index (χ4n) is 1.23. The van der Waals surface area contributed by atoms with E-state index in [1.165, 1.54) is 6.20 Å². The van der Waals surface area contributed by atoms with Crippen LogP contribution in [0, 0.1) is 12.8 Å². The molecule has 0 aromatic carbocycles. The summed E-state index contributed by atoms with van der Waals surface area (Å²) < 4.78 is 0. The van der Waals surface area contributed by atoms with E-state index in [1.807, 2.05) is 6.92 Å². The predicted molar refractivity (Wildman–Crippen MR) is 62.7 cm³/mol. The minimum atomic E-state index is -0.851. The molecule has 0 radical (unpaired) electrons. The Morgan fingerprint density at radius 1 is 1.47 bits per heavy atom. The van der Waals surface area contributed by atoms with Crippen molar-refractivity contribution >= 4 is 11.9 Å². The Morgan fingerprint density at radius 2 is 2.18 bits per heavy atom. The third-order valence-corrected chi connectivity index (χ3v) is 2.46. The highest BCUT2D eigenvalue weighted by molar-refractivity contribution is 5.93. The number of carboxylic acid groups (broad SMARTS) is 1. The number of hydrogen-bond acceptors (Lipinski definition) is 3. The SMILES string of the molecule is Cc1ccc(C(=O)NCCC(C)C(=O)O)cn1. The van der Waals surface area contributed by atoms with Gasteiger partial charge < -0.3 is 10.4 Å². The van der Waals surface area contributed by atoms with E-state index < -0.39 is 11.9 Å². The first-order chi connectivity index (χ1) is 8.00. The van der Waals surface area contributed by atoms with E-state index in [-0.39, 0.29) is 5.91 Å². The summed E-state index contributed by atoms with van der Waals surface area (Å²) in [5, 5.41) is 11.3. The van der Waals surface area contributed by atoms with Crippen molar-refractivity contribution in [1.82, 2.24) is 10.3 Å². The van der Waals surface area contributed by atoms with Gasteiger partial charge in [0.15, 0.2) is 0 Å². The third kappa shape index (κ3) is 4.22. The van der Waals surface area contributed by atoms with Crippen molar-refractivity contribution in [2.45, 2.75) is 20.3 Å². The summed E-state index contributed by atoms with van der Waals surface area (Å²) >= 11 is 0. The molecule has 17 heavy (non-hydrogen) atoms. The van der Waals surface area contributed by atoms with Crippen molar-refractivity contribution in [1.29, 1.82) is 0 Å². The predicted octanol–water partition coefficient (Wildman–Crippen LogP) is 1.23. The van der Waals surface area contributed by atoms with Crippen LogP contribution in [0.4, 0.5) is 0 Å². The normalized spacial score (nSPS) is 11.9. The van der Waals surface area contributed by atoms with E-state index in [2.05, 4.69) is 10.3 Å². The van der Waals surface area contributed by atoms with Gasteiger partial charge in [-0.2, -0.15) is 0 Å². The summed E-state index contributed by atoms with van der Waals surface area (Å²) in [4.78, 5) is 26.2. The summed E-state index contributed by atoms with van der Waals surface area (Å²) in [6, 6.07) is 3.45. The van der Waals surface area contributed by atoms with E-state index in [1.54, 1.807) is 19.1 Å². The molecule has 0 aliphatic carbocycles. The number of amides is 1. The second-order valence-corrected chi connectivity index (χ2v) is 3.97. The molecule has 1 amide bonds. The van der Waals surface area contributed by atoms with Crippen molar-refractivity contribution in [3.05, 3.63) is 29.6 Å². The van der Waals surface area contributed by atoms with E-state index in [0.717, 1.165) is 5.69 Å². The molecule has 5 heteroatoms. The fraction of sp³-hybridized carbons (Fsp3) is 0.417. The van der Waals surface area contributed by atoms with E-state index >= 15 is 0 Å². The van der Waals surface area contributed by atoms with Gasteiger partial charge >= 0.3 is 5.97 Å². The zero-order valence-electron chi connectivity index (χ0n) is 9.93. The summed E-state index contributed by atoms with van der Waals surface area (Å²) in [6.45, 7) is 3.80. The van der Waals surface area contributed by atoms with Gasteiger partial charge in [-0.1, -0.05) is 6.92 Å². The van der Waals surface area contributed by atoms with Crippen molar-refractivity contribution < 1.29 is 14.7 Å². The Labute approximate surface area is 99.9 Å². The van der Waals surface area contributed by atoms with Gasteiger partial charge in [-0.05, 0) is 25.5 Å². The Hall–Kier alpha value is -1.91. The van der Waals surface area contributed by atoms with Gasteiger partial charge in [0.25, 0.3) is 5.91 Å². The van der Waals surface area contributed by atoms with Crippen LogP contribution >= 0.6 is 0 Å². The minimum Gasteiger partial charge on any atom is -0.481 e. The van der Waals surface area contributed by atoms with Gasteiger partial charge in [-0.3, -0.25) is 14.6 Å².